The number of carbonyl (C=O) groups is 1. The molecule has 3 rings (SSSR count). The summed E-state index contributed by atoms with van der Waals surface area (Å²) in [5, 5.41) is 12.1. The molecule has 0 amide bonds. The zero-order valence-corrected chi connectivity index (χ0v) is 13.4. The van der Waals surface area contributed by atoms with E-state index in [1.807, 2.05) is 35.7 Å². The number of ether oxygens (including phenoxy) is 1. The van der Waals surface area contributed by atoms with Gasteiger partial charge in [0, 0.05) is 6.20 Å². The Morgan fingerprint density at radius 1 is 1.45 bits per heavy atom. The molecule has 3 aromatic heterocycles. The third-order valence-electron chi connectivity index (χ3n) is 3.02. The molecule has 0 saturated heterocycles. The van der Waals surface area contributed by atoms with Crippen molar-refractivity contribution in [1.29, 1.82) is 0 Å². The number of fused-ring (bicyclic) bond motifs is 1. The SMILES string of the molecule is COC(=O)c1sc(NC(C)c2nnc3ccccn23)nc1Cl. The van der Waals surface area contributed by atoms with Crippen molar-refractivity contribution < 1.29 is 9.53 Å². The van der Waals surface area contributed by atoms with Crippen LogP contribution in [0.15, 0.2) is 24.4 Å². The van der Waals surface area contributed by atoms with Crippen LogP contribution in [-0.4, -0.2) is 32.7 Å². The lowest BCUT2D eigenvalue weighted by Gasteiger charge is -2.10. The number of esters is 1. The summed E-state index contributed by atoms with van der Waals surface area (Å²) in [5.41, 5.74) is 0.763. The number of nitrogens with one attached hydrogen (secondary N) is 1. The standard InChI is InChI=1S/C13H12ClN5O2S/c1-7(11-18-17-8-5-3-4-6-19(8)11)15-13-16-10(14)9(22-13)12(20)21-2/h3-7H,1-2H3,(H,15,16). The van der Waals surface area contributed by atoms with Crippen LogP contribution in [0, 0.1) is 0 Å². The zero-order chi connectivity index (χ0) is 15.7. The van der Waals surface area contributed by atoms with E-state index in [2.05, 4.69) is 25.2 Å². The Labute approximate surface area is 134 Å². The lowest BCUT2D eigenvalue weighted by atomic mass is 10.3. The van der Waals surface area contributed by atoms with Gasteiger partial charge in [-0.3, -0.25) is 4.40 Å². The second-order valence-corrected chi connectivity index (χ2v) is 5.84. The van der Waals surface area contributed by atoms with Crippen LogP contribution >= 0.6 is 22.9 Å². The maximum absolute atomic E-state index is 11.5. The summed E-state index contributed by atoms with van der Waals surface area (Å²) in [6.45, 7) is 1.93. The quantitative estimate of drug-likeness (QED) is 0.737. The van der Waals surface area contributed by atoms with Crippen molar-refractivity contribution in [3.63, 3.8) is 0 Å². The average Bonchev–Trinajstić information content (AvgIpc) is 3.10. The van der Waals surface area contributed by atoms with E-state index in [4.69, 9.17) is 11.6 Å². The molecule has 0 aliphatic carbocycles. The highest BCUT2D eigenvalue weighted by Gasteiger charge is 2.20. The number of nitrogens with zero attached hydrogens (tertiary/aromatic N) is 4. The molecule has 0 saturated carbocycles. The molecule has 0 spiro atoms. The van der Waals surface area contributed by atoms with E-state index >= 15 is 0 Å². The molecule has 1 N–H and O–H groups in total. The van der Waals surface area contributed by atoms with Crippen molar-refractivity contribution >= 4 is 39.7 Å². The highest BCUT2D eigenvalue weighted by atomic mass is 35.5. The summed E-state index contributed by atoms with van der Waals surface area (Å²) in [4.78, 5) is 15.9. The van der Waals surface area contributed by atoms with Gasteiger partial charge in [0.25, 0.3) is 0 Å². The van der Waals surface area contributed by atoms with E-state index in [9.17, 15) is 4.79 Å². The second-order valence-electron chi connectivity index (χ2n) is 4.48. The smallest absolute Gasteiger partial charge is 0.351 e. The minimum Gasteiger partial charge on any atom is -0.465 e. The van der Waals surface area contributed by atoms with E-state index in [0.717, 1.165) is 22.8 Å². The Hall–Kier alpha value is -2.19. The number of hydrogen-bond acceptors (Lipinski definition) is 7. The fraction of sp³-hybridized carbons (Fsp3) is 0.231. The van der Waals surface area contributed by atoms with Gasteiger partial charge < -0.3 is 10.1 Å². The number of thiazole rings is 1. The summed E-state index contributed by atoms with van der Waals surface area (Å²) >= 11 is 7.08. The van der Waals surface area contributed by atoms with Gasteiger partial charge in [0.1, 0.15) is 0 Å². The van der Waals surface area contributed by atoms with Crippen molar-refractivity contribution in [3.05, 3.63) is 40.3 Å². The molecule has 9 heteroatoms. The predicted molar refractivity (Wildman–Crippen MR) is 83.5 cm³/mol. The molecule has 0 aliphatic heterocycles. The van der Waals surface area contributed by atoms with Crippen LogP contribution in [-0.2, 0) is 4.74 Å². The number of halogens is 1. The topological polar surface area (TPSA) is 81.4 Å². The van der Waals surface area contributed by atoms with Crippen molar-refractivity contribution in [2.24, 2.45) is 0 Å². The van der Waals surface area contributed by atoms with Crippen LogP contribution in [0.2, 0.25) is 5.15 Å². The van der Waals surface area contributed by atoms with E-state index in [-0.39, 0.29) is 16.1 Å². The molecule has 0 aromatic carbocycles. The van der Waals surface area contributed by atoms with Crippen molar-refractivity contribution in [1.82, 2.24) is 19.6 Å². The third kappa shape index (κ3) is 2.62. The highest BCUT2D eigenvalue weighted by Crippen LogP contribution is 2.29. The first-order valence-corrected chi connectivity index (χ1v) is 7.60. The van der Waals surface area contributed by atoms with Gasteiger partial charge in [-0.15, -0.1) is 10.2 Å². The maximum Gasteiger partial charge on any atom is 0.351 e. The molecule has 3 heterocycles. The number of rotatable bonds is 4. The fourth-order valence-corrected chi connectivity index (χ4v) is 3.18. The number of anilines is 1. The average molecular weight is 338 g/mol. The first-order chi connectivity index (χ1) is 10.6. The number of aromatic nitrogens is 4. The van der Waals surface area contributed by atoms with Gasteiger partial charge in [-0.1, -0.05) is 29.0 Å². The minimum absolute atomic E-state index is 0.123. The van der Waals surface area contributed by atoms with E-state index in [0.29, 0.717) is 5.13 Å². The van der Waals surface area contributed by atoms with Crippen LogP contribution in [0.4, 0.5) is 5.13 Å². The molecule has 1 unspecified atom stereocenters. The first kappa shape index (κ1) is 14.7. The van der Waals surface area contributed by atoms with Crippen LogP contribution in [0.1, 0.15) is 28.5 Å². The second kappa shape index (κ2) is 5.90. The monoisotopic (exact) mass is 337 g/mol. The molecule has 7 nitrogen and oxygen atoms in total. The predicted octanol–water partition coefficient (Wildman–Crippen LogP) is 2.80. The van der Waals surface area contributed by atoms with Crippen molar-refractivity contribution in [3.8, 4) is 0 Å². The molecule has 0 aliphatic rings. The third-order valence-corrected chi connectivity index (χ3v) is 4.38. The summed E-state index contributed by atoms with van der Waals surface area (Å²) in [6, 6.07) is 5.51. The summed E-state index contributed by atoms with van der Waals surface area (Å²) < 4.78 is 6.54. The zero-order valence-electron chi connectivity index (χ0n) is 11.8. The van der Waals surface area contributed by atoms with E-state index < -0.39 is 5.97 Å². The summed E-state index contributed by atoms with van der Waals surface area (Å²) in [6.07, 6.45) is 1.89. The molecular weight excluding hydrogens is 326 g/mol. The fourth-order valence-electron chi connectivity index (χ4n) is 1.99. The van der Waals surface area contributed by atoms with Crippen LogP contribution in [0.25, 0.3) is 5.65 Å². The number of pyridine rings is 1. The lowest BCUT2D eigenvalue weighted by Crippen LogP contribution is -2.10. The Morgan fingerprint density at radius 2 is 2.27 bits per heavy atom. The lowest BCUT2D eigenvalue weighted by molar-refractivity contribution is 0.0606. The normalized spacial score (nSPS) is 12.3. The Kier molecular flexibility index (Phi) is 3.95. The van der Waals surface area contributed by atoms with Gasteiger partial charge in [0.2, 0.25) is 0 Å². The molecule has 114 valence electrons. The largest absolute Gasteiger partial charge is 0.465 e. The Bertz CT molecular complexity index is 831. The van der Waals surface area contributed by atoms with Crippen molar-refractivity contribution in [2.75, 3.05) is 12.4 Å². The molecular formula is C13H12ClN5O2S. The molecule has 0 bridgehead atoms. The van der Waals surface area contributed by atoms with E-state index in [1.54, 1.807) is 0 Å². The van der Waals surface area contributed by atoms with Gasteiger partial charge in [-0.25, -0.2) is 9.78 Å². The van der Waals surface area contributed by atoms with Crippen LogP contribution in [0.5, 0.6) is 0 Å². The van der Waals surface area contributed by atoms with E-state index in [1.165, 1.54) is 7.11 Å². The van der Waals surface area contributed by atoms with Gasteiger partial charge in [-0.2, -0.15) is 0 Å². The van der Waals surface area contributed by atoms with Gasteiger partial charge in [-0.05, 0) is 19.1 Å². The highest BCUT2D eigenvalue weighted by molar-refractivity contribution is 7.18. The van der Waals surface area contributed by atoms with Gasteiger partial charge in [0.15, 0.2) is 26.6 Å². The number of hydrogen-bond donors (Lipinski definition) is 1. The number of methoxy groups -OCH3 is 1. The van der Waals surface area contributed by atoms with Crippen molar-refractivity contribution in [2.45, 2.75) is 13.0 Å². The molecule has 0 fully saturated rings. The summed E-state index contributed by atoms with van der Waals surface area (Å²) in [5.74, 6) is 0.234. The maximum atomic E-state index is 11.5. The molecule has 0 radical (unpaired) electrons. The molecule has 1 atom stereocenters. The Morgan fingerprint density at radius 3 is 3.05 bits per heavy atom. The number of carbonyl (C=O) groups excluding carboxylic acids is 1. The Balaban J connectivity index is 1.85. The molecule has 22 heavy (non-hydrogen) atoms. The molecule has 3 aromatic rings. The van der Waals surface area contributed by atoms with Crippen LogP contribution in [0.3, 0.4) is 0 Å². The minimum atomic E-state index is -0.504. The van der Waals surface area contributed by atoms with Crippen LogP contribution < -0.4 is 5.32 Å². The van der Waals surface area contributed by atoms with Gasteiger partial charge in [0.05, 0.1) is 13.2 Å². The van der Waals surface area contributed by atoms with Gasteiger partial charge >= 0.3 is 5.97 Å². The first-order valence-electron chi connectivity index (χ1n) is 6.41. The summed E-state index contributed by atoms with van der Waals surface area (Å²) in [7, 11) is 1.30.